The number of rotatable bonds is 3. The van der Waals surface area contributed by atoms with Crippen molar-refractivity contribution in [3.05, 3.63) is 33.9 Å². The van der Waals surface area contributed by atoms with Crippen molar-refractivity contribution < 1.29 is 14.5 Å². The van der Waals surface area contributed by atoms with Gasteiger partial charge in [0.25, 0.3) is 5.91 Å². The minimum absolute atomic E-state index is 0.0300. The molecule has 2 unspecified atom stereocenters. The molecule has 1 aliphatic heterocycles. The predicted octanol–water partition coefficient (Wildman–Crippen LogP) is 1.56. The van der Waals surface area contributed by atoms with Gasteiger partial charge in [0.15, 0.2) is 5.75 Å². The van der Waals surface area contributed by atoms with Crippen molar-refractivity contribution in [1.29, 1.82) is 0 Å². The van der Waals surface area contributed by atoms with Crippen LogP contribution in [-0.2, 0) is 0 Å². The molecule has 1 aromatic rings. The van der Waals surface area contributed by atoms with Crippen LogP contribution in [0.1, 0.15) is 30.1 Å². The number of nitro groups is 1. The largest absolute Gasteiger partial charge is 0.490 e. The molecule has 2 rings (SSSR count). The van der Waals surface area contributed by atoms with Gasteiger partial charge >= 0.3 is 5.69 Å². The van der Waals surface area contributed by atoms with Gasteiger partial charge in [-0.15, -0.1) is 0 Å². The van der Waals surface area contributed by atoms with E-state index in [1.165, 1.54) is 19.2 Å². The van der Waals surface area contributed by atoms with E-state index >= 15 is 0 Å². The van der Waals surface area contributed by atoms with Crippen molar-refractivity contribution >= 4 is 11.6 Å². The number of nitrogens with two attached hydrogens (primary N) is 1. The van der Waals surface area contributed by atoms with Crippen LogP contribution < -0.4 is 10.5 Å². The smallest absolute Gasteiger partial charge is 0.311 e. The highest BCUT2D eigenvalue weighted by Gasteiger charge is 2.29. The van der Waals surface area contributed by atoms with Crippen molar-refractivity contribution in [2.75, 3.05) is 13.7 Å². The molecule has 7 nitrogen and oxygen atoms in total. The number of amides is 1. The van der Waals surface area contributed by atoms with Gasteiger partial charge in [-0.25, -0.2) is 0 Å². The van der Waals surface area contributed by atoms with Gasteiger partial charge in [0, 0.05) is 30.3 Å². The molecule has 1 fully saturated rings. The number of hydrogen-bond acceptors (Lipinski definition) is 5. The third-order valence-corrected chi connectivity index (χ3v) is 3.80. The highest BCUT2D eigenvalue weighted by molar-refractivity contribution is 5.95. The van der Waals surface area contributed by atoms with Crippen molar-refractivity contribution in [2.45, 2.75) is 31.8 Å². The lowest BCUT2D eigenvalue weighted by atomic mass is 9.98. The molecule has 2 atom stereocenters. The van der Waals surface area contributed by atoms with Crippen molar-refractivity contribution in [1.82, 2.24) is 4.90 Å². The molecule has 1 aliphatic rings. The molecule has 114 valence electrons. The van der Waals surface area contributed by atoms with Crippen LogP contribution in [0.25, 0.3) is 0 Å². The second-order valence-electron chi connectivity index (χ2n) is 5.28. The maximum absolute atomic E-state index is 12.5. The number of carbonyl (C=O) groups excluding carboxylic acids is 1. The number of benzene rings is 1. The number of carbonyl (C=O) groups is 1. The van der Waals surface area contributed by atoms with E-state index in [1.807, 2.05) is 6.92 Å². The molecule has 1 heterocycles. The number of nitrogens with zero attached hydrogens (tertiary/aromatic N) is 2. The molecule has 21 heavy (non-hydrogen) atoms. The zero-order chi connectivity index (χ0) is 15.6. The van der Waals surface area contributed by atoms with E-state index in [2.05, 4.69) is 0 Å². The summed E-state index contributed by atoms with van der Waals surface area (Å²) in [6.45, 7) is 2.51. The lowest BCUT2D eigenvalue weighted by Gasteiger charge is -2.36. The summed E-state index contributed by atoms with van der Waals surface area (Å²) in [6.07, 6.45) is 1.48. The van der Waals surface area contributed by atoms with Gasteiger partial charge < -0.3 is 15.4 Å². The van der Waals surface area contributed by atoms with Crippen LogP contribution in [0.15, 0.2) is 18.2 Å². The van der Waals surface area contributed by atoms with E-state index in [0.29, 0.717) is 12.1 Å². The summed E-state index contributed by atoms with van der Waals surface area (Å²) in [4.78, 5) is 24.7. The first-order valence-electron chi connectivity index (χ1n) is 6.83. The van der Waals surface area contributed by atoms with Crippen LogP contribution in [0.5, 0.6) is 5.75 Å². The fraction of sp³-hybridized carbons (Fsp3) is 0.500. The SMILES string of the molecule is COc1ccc(C(=O)N2CCC(N)CC2C)cc1[N+](=O)[O-]. The number of hydrogen-bond donors (Lipinski definition) is 1. The molecule has 0 aromatic heterocycles. The molecule has 1 saturated heterocycles. The van der Waals surface area contributed by atoms with Crippen LogP contribution >= 0.6 is 0 Å². The molecule has 1 amide bonds. The standard InChI is InChI=1S/C14H19N3O4/c1-9-7-11(15)5-6-16(9)14(18)10-3-4-13(21-2)12(8-10)17(19)20/h3-4,8-9,11H,5-7,15H2,1-2H3. The maximum atomic E-state index is 12.5. The minimum atomic E-state index is -0.550. The lowest BCUT2D eigenvalue weighted by Crippen LogP contribution is -2.48. The molecular weight excluding hydrogens is 274 g/mol. The summed E-state index contributed by atoms with van der Waals surface area (Å²) in [6, 6.07) is 4.40. The fourth-order valence-corrected chi connectivity index (χ4v) is 2.64. The Hall–Kier alpha value is -2.15. The van der Waals surface area contributed by atoms with Gasteiger partial charge in [-0.1, -0.05) is 0 Å². The van der Waals surface area contributed by atoms with Gasteiger partial charge in [-0.2, -0.15) is 0 Å². The van der Waals surface area contributed by atoms with E-state index in [4.69, 9.17) is 10.5 Å². The first kappa shape index (κ1) is 15.2. The molecule has 2 N–H and O–H groups in total. The van der Waals surface area contributed by atoms with Gasteiger partial charge in [0.1, 0.15) is 0 Å². The van der Waals surface area contributed by atoms with Crippen LogP contribution in [0.3, 0.4) is 0 Å². The average Bonchev–Trinajstić information content (AvgIpc) is 2.45. The Kier molecular flexibility index (Phi) is 4.42. The Morgan fingerprint density at radius 3 is 2.81 bits per heavy atom. The fourth-order valence-electron chi connectivity index (χ4n) is 2.64. The number of likely N-dealkylation sites (tertiary alicyclic amines) is 1. The Morgan fingerprint density at radius 1 is 1.52 bits per heavy atom. The quantitative estimate of drug-likeness (QED) is 0.673. The highest BCUT2D eigenvalue weighted by Crippen LogP contribution is 2.29. The second-order valence-corrected chi connectivity index (χ2v) is 5.28. The number of nitro benzene ring substituents is 1. The number of methoxy groups -OCH3 is 1. The Bertz CT molecular complexity index is 561. The summed E-state index contributed by atoms with van der Waals surface area (Å²) in [5.74, 6) is -0.0644. The molecule has 0 bridgehead atoms. The Labute approximate surface area is 122 Å². The predicted molar refractivity (Wildman–Crippen MR) is 77.4 cm³/mol. The highest BCUT2D eigenvalue weighted by atomic mass is 16.6. The molecule has 1 aromatic carbocycles. The van der Waals surface area contributed by atoms with Crippen LogP contribution in [0.2, 0.25) is 0 Å². The van der Waals surface area contributed by atoms with Crippen molar-refractivity contribution in [2.24, 2.45) is 5.73 Å². The van der Waals surface area contributed by atoms with Crippen LogP contribution in [-0.4, -0.2) is 41.5 Å². The van der Waals surface area contributed by atoms with Crippen LogP contribution in [0, 0.1) is 10.1 Å². The summed E-state index contributed by atoms with van der Waals surface area (Å²) in [7, 11) is 1.36. The van der Waals surface area contributed by atoms with Gasteiger partial charge in [-0.3, -0.25) is 14.9 Å². The Balaban J connectivity index is 2.27. The second kappa shape index (κ2) is 6.09. The Morgan fingerprint density at radius 2 is 2.24 bits per heavy atom. The monoisotopic (exact) mass is 293 g/mol. The molecule has 0 radical (unpaired) electrons. The first-order chi connectivity index (χ1) is 9.93. The normalized spacial score (nSPS) is 22.0. The zero-order valence-corrected chi connectivity index (χ0v) is 12.1. The van der Waals surface area contributed by atoms with E-state index in [0.717, 1.165) is 12.8 Å². The van der Waals surface area contributed by atoms with Crippen molar-refractivity contribution in [3.63, 3.8) is 0 Å². The summed E-state index contributed by atoms with van der Waals surface area (Å²) < 4.78 is 4.94. The summed E-state index contributed by atoms with van der Waals surface area (Å²) in [5.41, 5.74) is 5.98. The molecule has 0 saturated carbocycles. The summed E-state index contributed by atoms with van der Waals surface area (Å²) >= 11 is 0. The average molecular weight is 293 g/mol. The topological polar surface area (TPSA) is 98.7 Å². The van der Waals surface area contributed by atoms with E-state index in [1.54, 1.807) is 11.0 Å². The molecular formula is C14H19N3O4. The van der Waals surface area contributed by atoms with Gasteiger partial charge in [0.2, 0.25) is 0 Å². The first-order valence-corrected chi connectivity index (χ1v) is 6.83. The number of ether oxygens (including phenoxy) is 1. The van der Waals surface area contributed by atoms with E-state index < -0.39 is 4.92 Å². The summed E-state index contributed by atoms with van der Waals surface area (Å²) in [5, 5.41) is 11.0. The number of piperidine rings is 1. The molecule has 7 heteroatoms. The third kappa shape index (κ3) is 3.13. The molecule has 0 spiro atoms. The lowest BCUT2D eigenvalue weighted by molar-refractivity contribution is -0.385. The zero-order valence-electron chi connectivity index (χ0n) is 12.1. The van der Waals surface area contributed by atoms with E-state index in [-0.39, 0.29) is 29.4 Å². The van der Waals surface area contributed by atoms with Gasteiger partial charge in [0.05, 0.1) is 12.0 Å². The third-order valence-electron chi connectivity index (χ3n) is 3.80. The van der Waals surface area contributed by atoms with Gasteiger partial charge in [-0.05, 0) is 31.9 Å². The van der Waals surface area contributed by atoms with E-state index in [9.17, 15) is 14.9 Å². The minimum Gasteiger partial charge on any atom is -0.490 e. The van der Waals surface area contributed by atoms with Crippen LogP contribution in [0.4, 0.5) is 5.69 Å². The van der Waals surface area contributed by atoms with Crippen molar-refractivity contribution in [3.8, 4) is 5.75 Å². The molecule has 0 aliphatic carbocycles. The maximum Gasteiger partial charge on any atom is 0.311 e.